The van der Waals surface area contributed by atoms with Gasteiger partial charge in [-0.05, 0) is 44.5 Å². The molecule has 1 aliphatic rings. The van der Waals surface area contributed by atoms with E-state index in [1.165, 1.54) is 11.8 Å². The maximum atomic E-state index is 13.1. The third-order valence-corrected chi connectivity index (χ3v) is 5.71. The van der Waals surface area contributed by atoms with Crippen LogP contribution < -0.4 is 9.47 Å². The molecule has 0 spiro atoms. The van der Waals surface area contributed by atoms with Gasteiger partial charge in [-0.2, -0.15) is 0 Å². The zero-order chi connectivity index (χ0) is 20.1. The van der Waals surface area contributed by atoms with E-state index in [4.69, 9.17) is 21.7 Å². The van der Waals surface area contributed by atoms with Crippen molar-refractivity contribution in [2.24, 2.45) is 0 Å². The first-order valence-electron chi connectivity index (χ1n) is 9.26. The molecule has 0 N–H and O–H groups in total. The Morgan fingerprint density at radius 3 is 2.50 bits per heavy atom. The minimum Gasteiger partial charge on any atom is -0.494 e. The molecular weight excluding hydrogens is 390 g/mol. The average Bonchev–Trinajstić information content (AvgIpc) is 2.97. The number of rotatable bonds is 7. The Labute approximate surface area is 175 Å². The van der Waals surface area contributed by atoms with Crippen LogP contribution in [0.25, 0.3) is 6.08 Å². The number of hydrogen-bond donors (Lipinski definition) is 0. The molecule has 0 aromatic heterocycles. The van der Waals surface area contributed by atoms with Gasteiger partial charge in [0.1, 0.15) is 15.8 Å². The minimum atomic E-state index is -0.119. The average molecular weight is 414 g/mol. The summed E-state index contributed by atoms with van der Waals surface area (Å²) in [6.45, 7) is 6.97. The van der Waals surface area contributed by atoms with E-state index in [1.54, 1.807) is 4.90 Å². The predicted molar refractivity (Wildman–Crippen MR) is 119 cm³/mol. The van der Waals surface area contributed by atoms with Crippen LogP contribution in [-0.4, -0.2) is 28.3 Å². The molecule has 6 heteroatoms. The van der Waals surface area contributed by atoms with E-state index in [0.717, 1.165) is 16.9 Å². The van der Waals surface area contributed by atoms with E-state index in [2.05, 4.69) is 0 Å². The first-order chi connectivity index (χ1) is 13.5. The van der Waals surface area contributed by atoms with E-state index in [9.17, 15) is 4.79 Å². The van der Waals surface area contributed by atoms with Crippen LogP contribution in [0.5, 0.6) is 11.5 Å². The van der Waals surface area contributed by atoms with Crippen molar-refractivity contribution >= 4 is 40.3 Å². The van der Waals surface area contributed by atoms with E-state index < -0.39 is 0 Å². The molecule has 0 aliphatic carbocycles. The molecule has 0 bridgehead atoms. The fourth-order valence-corrected chi connectivity index (χ4v) is 4.42. The molecule has 4 nitrogen and oxygen atoms in total. The topological polar surface area (TPSA) is 38.8 Å². The third kappa shape index (κ3) is 4.39. The lowest BCUT2D eigenvalue weighted by molar-refractivity contribution is -0.123. The standard InChI is InChI=1S/C22H23NO3S2/c1-4-25-18-12-11-17(19(14-18)26-5-2)13-20-21(24)23(22(27)28-20)15(3)16-9-7-6-8-10-16/h6-15H,4-5H2,1-3H3/b20-13+/t15-/m1/s1. The Morgan fingerprint density at radius 2 is 1.82 bits per heavy atom. The molecule has 1 saturated heterocycles. The molecule has 2 aromatic rings. The fraction of sp³-hybridized carbons (Fsp3) is 0.273. The zero-order valence-corrected chi connectivity index (χ0v) is 17.8. The molecule has 3 rings (SSSR count). The first-order valence-corrected chi connectivity index (χ1v) is 10.5. The van der Waals surface area contributed by atoms with Crippen molar-refractivity contribution in [3.05, 3.63) is 64.6 Å². The lowest BCUT2D eigenvalue weighted by Crippen LogP contribution is -2.30. The summed E-state index contributed by atoms with van der Waals surface area (Å²) in [6, 6.07) is 15.4. The predicted octanol–water partition coefficient (Wildman–Crippen LogP) is 5.45. The van der Waals surface area contributed by atoms with Gasteiger partial charge >= 0.3 is 0 Å². The van der Waals surface area contributed by atoms with Crippen LogP contribution in [0.2, 0.25) is 0 Å². The van der Waals surface area contributed by atoms with Crippen molar-refractivity contribution in [3.8, 4) is 11.5 Å². The number of benzene rings is 2. The second kappa shape index (κ2) is 9.26. The summed E-state index contributed by atoms with van der Waals surface area (Å²) in [5.41, 5.74) is 1.88. The largest absolute Gasteiger partial charge is 0.494 e. The van der Waals surface area contributed by atoms with Crippen LogP contribution in [-0.2, 0) is 4.79 Å². The van der Waals surface area contributed by atoms with Gasteiger partial charge in [0.15, 0.2) is 0 Å². The van der Waals surface area contributed by atoms with Gasteiger partial charge in [0.2, 0.25) is 0 Å². The number of carbonyl (C=O) groups is 1. The molecule has 28 heavy (non-hydrogen) atoms. The van der Waals surface area contributed by atoms with Gasteiger partial charge < -0.3 is 9.47 Å². The molecular formula is C22H23NO3S2. The summed E-state index contributed by atoms with van der Waals surface area (Å²) in [6.07, 6.45) is 1.84. The quantitative estimate of drug-likeness (QED) is 0.446. The van der Waals surface area contributed by atoms with Crippen LogP contribution in [0, 0.1) is 0 Å². The van der Waals surface area contributed by atoms with Gasteiger partial charge in [-0.25, -0.2) is 0 Å². The molecule has 0 radical (unpaired) electrons. The molecule has 1 atom stereocenters. The number of amides is 1. The van der Waals surface area contributed by atoms with Crippen LogP contribution in [0.4, 0.5) is 0 Å². The Morgan fingerprint density at radius 1 is 1.11 bits per heavy atom. The highest BCUT2D eigenvalue weighted by Gasteiger charge is 2.36. The molecule has 0 unspecified atom stereocenters. The second-order valence-electron chi connectivity index (χ2n) is 6.20. The maximum Gasteiger partial charge on any atom is 0.266 e. The first kappa shape index (κ1) is 20.4. The van der Waals surface area contributed by atoms with Crippen molar-refractivity contribution in [1.29, 1.82) is 0 Å². The highest BCUT2D eigenvalue weighted by Crippen LogP contribution is 2.39. The number of thioether (sulfide) groups is 1. The lowest BCUT2D eigenvalue weighted by Gasteiger charge is -2.23. The van der Waals surface area contributed by atoms with E-state index in [-0.39, 0.29) is 11.9 Å². The molecule has 146 valence electrons. The summed E-state index contributed by atoms with van der Waals surface area (Å²) < 4.78 is 11.9. The zero-order valence-electron chi connectivity index (χ0n) is 16.2. The van der Waals surface area contributed by atoms with Crippen LogP contribution in [0.15, 0.2) is 53.4 Å². The van der Waals surface area contributed by atoms with E-state index in [1.807, 2.05) is 75.4 Å². The monoisotopic (exact) mass is 413 g/mol. The van der Waals surface area contributed by atoms with Gasteiger partial charge in [-0.3, -0.25) is 9.69 Å². The number of ether oxygens (including phenoxy) is 2. The number of thiocarbonyl (C=S) groups is 1. The number of hydrogen-bond acceptors (Lipinski definition) is 5. The molecule has 1 fully saturated rings. The Bertz CT molecular complexity index is 896. The van der Waals surface area contributed by atoms with Crippen LogP contribution >= 0.6 is 24.0 Å². The van der Waals surface area contributed by atoms with Crippen LogP contribution in [0.3, 0.4) is 0 Å². The maximum absolute atomic E-state index is 13.1. The van der Waals surface area contributed by atoms with Crippen molar-refractivity contribution in [1.82, 2.24) is 4.90 Å². The van der Waals surface area contributed by atoms with Crippen LogP contribution in [0.1, 0.15) is 37.9 Å². The van der Waals surface area contributed by atoms with Gasteiger partial charge in [0.25, 0.3) is 5.91 Å². The van der Waals surface area contributed by atoms with Crippen molar-refractivity contribution < 1.29 is 14.3 Å². The molecule has 1 aliphatic heterocycles. The van der Waals surface area contributed by atoms with Gasteiger partial charge in [0, 0.05) is 11.6 Å². The SMILES string of the molecule is CCOc1ccc(/C=C2/SC(=S)N([C@H](C)c3ccccc3)C2=O)c(OCC)c1. The normalized spacial score (nSPS) is 16.5. The molecule has 1 amide bonds. The molecule has 0 saturated carbocycles. The Hall–Kier alpha value is -2.31. The van der Waals surface area contributed by atoms with Crippen molar-refractivity contribution in [2.75, 3.05) is 13.2 Å². The molecule has 1 heterocycles. The Kier molecular flexibility index (Phi) is 6.75. The highest BCUT2D eigenvalue weighted by atomic mass is 32.2. The summed E-state index contributed by atoms with van der Waals surface area (Å²) in [5, 5.41) is 0. The number of nitrogens with zero attached hydrogens (tertiary/aromatic N) is 1. The highest BCUT2D eigenvalue weighted by molar-refractivity contribution is 8.26. The van der Waals surface area contributed by atoms with Gasteiger partial charge in [-0.1, -0.05) is 54.3 Å². The fourth-order valence-electron chi connectivity index (χ4n) is 3.01. The summed E-state index contributed by atoms with van der Waals surface area (Å²) in [4.78, 5) is 15.3. The van der Waals surface area contributed by atoms with E-state index >= 15 is 0 Å². The van der Waals surface area contributed by atoms with Crippen molar-refractivity contribution in [3.63, 3.8) is 0 Å². The lowest BCUT2D eigenvalue weighted by atomic mass is 10.1. The number of carbonyl (C=O) groups excluding carboxylic acids is 1. The summed E-state index contributed by atoms with van der Waals surface area (Å²) in [7, 11) is 0. The molecule has 2 aromatic carbocycles. The minimum absolute atomic E-state index is 0.0808. The summed E-state index contributed by atoms with van der Waals surface area (Å²) >= 11 is 6.83. The Balaban J connectivity index is 1.89. The van der Waals surface area contributed by atoms with Gasteiger partial charge in [-0.15, -0.1) is 0 Å². The third-order valence-electron chi connectivity index (χ3n) is 4.38. The second-order valence-corrected chi connectivity index (χ2v) is 7.88. The van der Waals surface area contributed by atoms with Crippen molar-refractivity contribution in [2.45, 2.75) is 26.8 Å². The van der Waals surface area contributed by atoms with E-state index in [0.29, 0.717) is 28.2 Å². The summed E-state index contributed by atoms with van der Waals surface area (Å²) in [5.74, 6) is 1.35. The van der Waals surface area contributed by atoms with Gasteiger partial charge in [0.05, 0.1) is 24.2 Å². The smallest absolute Gasteiger partial charge is 0.266 e.